The van der Waals surface area contributed by atoms with Crippen LogP contribution in [0.15, 0.2) is 41.9 Å². The van der Waals surface area contributed by atoms with Crippen LogP contribution in [0.2, 0.25) is 0 Å². The minimum absolute atomic E-state index is 0.0174. The Bertz CT molecular complexity index is 919. The molecule has 1 N–H and O–H groups in total. The summed E-state index contributed by atoms with van der Waals surface area (Å²) in [5.74, 6) is -0.328. The second-order valence-electron chi connectivity index (χ2n) is 4.48. The number of hydrogen-bond acceptors (Lipinski definition) is 3. The van der Waals surface area contributed by atoms with E-state index in [1.165, 1.54) is 23.5 Å². The third-order valence-corrected chi connectivity index (χ3v) is 5.34. The average Bonchev–Trinajstić information content (AvgIpc) is 3.10. The molecule has 2 nitrogen and oxygen atoms in total. The Hall–Kier alpha value is -1.98. The Morgan fingerprint density at radius 2 is 2.05 bits per heavy atom. The molecular weight excluding hydrogens is 293 g/mol. The van der Waals surface area contributed by atoms with Crippen LogP contribution >= 0.6 is 22.7 Å². The third kappa shape index (κ3) is 1.71. The third-order valence-electron chi connectivity index (χ3n) is 3.25. The van der Waals surface area contributed by atoms with Crippen LogP contribution in [-0.2, 0) is 0 Å². The molecule has 5 heteroatoms. The molecule has 0 bridgehead atoms. The van der Waals surface area contributed by atoms with Gasteiger partial charge in [0.25, 0.3) is 0 Å². The lowest BCUT2D eigenvalue weighted by molar-refractivity contribution is 0.104. The monoisotopic (exact) mass is 301 g/mol. The number of hydrogen-bond donors (Lipinski definition) is 1. The van der Waals surface area contributed by atoms with Gasteiger partial charge in [-0.05, 0) is 35.7 Å². The molecule has 0 aliphatic rings. The topological polar surface area (TPSA) is 32.9 Å². The van der Waals surface area contributed by atoms with E-state index in [1.54, 1.807) is 23.6 Å². The van der Waals surface area contributed by atoms with E-state index in [0.717, 1.165) is 19.7 Å². The first kappa shape index (κ1) is 11.8. The Morgan fingerprint density at radius 1 is 1.15 bits per heavy atom. The molecule has 4 aromatic rings. The fraction of sp³-hybridized carbons (Fsp3) is 0. The predicted octanol–water partition coefficient (Wildman–Crippen LogP) is 4.81. The first-order valence-electron chi connectivity index (χ1n) is 6.01. The van der Waals surface area contributed by atoms with E-state index in [1.807, 2.05) is 17.5 Å². The van der Waals surface area contributed by atoms with E-state index in [0.29, 0.717) is 11.1 Å². The second-order valence-corrected chi connectivity index (χ2v) is 6.51. The predicted molar refractivity (Wildman–Crippen MR) is 81.4 cm³/mol. The Labute approximate surface area is 121 Å². The van der Waals surface area contributed by atoms with Crippen molar-refractivity contribution in [3.8, 4) is 0 Å². The van der Waals surface area contributed by atoms with Crippen molar-refractivity contribution in [3.63, 3.8) is 0 Å². The van der Waals surface area contributed by atoms with Crippen LogP contribution in [0.1, 0.15) is 15.2 Å². The van der Waals surface area contributed by atoms with Gasteiger partial charge in [0.05, 0.1) is 4.88 Å². The highest BCUT2D eigenvalue weighted by Gasteiger charge is 2.17. The zero-order valence-electron chi connectivity index (χ0n) is 10.1. The van der Waals surface area contributed by atoms with Crippen molar-refractivity contribution in [2.24, 2.45) is 0 Å². The Morgan fingerprint density at radius 3 is 2.90 bits per heavy atom. The summed E-state index contributed by atoms with van der Waals surface area (Å²) in [7, 11) is 0. The molecular formula is C15H8FNOS2. The summed E-state index contributed by atoms with van der Waals surface area (Å²) >= 11 is 3.12. The van der Waals surface area contributed by atoms with Crippen LogP contribution in [0.25, 0.3) is 20.3 Å². The van der Waals surface area contributed by atoms with Crippen LogP contribution in [0, 0.1) is 5.82 Å². The second kappa shape index (κ2) is 4.26. The molecule has 0 fully saturated rings. The van der Waals surface area contributed by atoms with Gasteiger partial charge in [0.1, 0.15) is 5.82 Å². The lowest BCUT2D eigenvalue weighted by Gasteiger charge is -1.96. The number of ketones is 1. The number of benzene rings is 1. The summed E-state index contributed by atoms with van der Waals surface area (Å²) in [4.78, 5) is 16.2. The molecule has 0 unspecified atom stereocenters. The molecule has 0 aliphatic carbocycles. The molecule has 1 aromatic carbocycles. The van der Waals surface area contributed by atoms with Crippen LogP contribution < -0.4 is 0 Å². The molecule has 3 aromatic heterocycles. The largest absolute Gasteiger partial charge is 0.360 e. The number of carbonyl (C=O) groups excluding carboxylic acids is 1. The summed E-state index contributed by atoms with van der Waals surface area (Å²) in [5, 5.41) is 2.78. The van der Waals surface area contributed by atoms with Crippen molar-refractivity contribution in [2.75, 3.05) is 0 Å². The summed E-state index contributed by atoms with van der Waals surface area (Å²) in [6.45, 7) is 0. The molecule has 0 amide bonds. The highest BCUT2D eigenvalue weighted by molar-refractivity contribution is 7.28. The van der Waals surface area contributed by atoms with Gasteiger partial charge in [-0.2, -0.15) is 0 Å². The van der Waals surface area contributed by atoms with Gasteiger partial charge in [-0.25, -0.2) is 4.39 Å². The van der Waals surface area contributed by atoms with Crippen LogP contribution in [0.5, 0.6) is 0 Å². The fourth-order valence-corrected chi connectivity index (χ4v) is 4.36. The zero-order valence-corrected chi connectivity index (χ0v) is 11.8. The van der Waals surface area contributed by atoms with E-state index in [-0.39, 0.29) is 11.6 Å². The summed E-state index contributed by atoms with van der Waals surface area (Å²) in [6.07, 6.45) is 1.65. The van der Waals surface area contributed by atoms with Crippen molar-refractivity contribution in [1.29, 1.82) is 0 Å². The molecule has 4 rings (SSSR count). The van der Waals surface area contributed by atoms with Gasteiger partial charge in [-0.3, -0.25) is 4.79 Å². The number of rotatable bonds is 2. The molecule has 0 aliphatic heterocycles. The highest BCUT2D eigenvalue weighted by atomic mass is 32.1. The molecule has 3 heterocycles. The van der Waals surface area contributed by atoms with Crippen LogP contribution in [-0.4, -0.2) is 10.8 Å². The van der Waals surface area contributed by atoms with Crippen molar-refractivity contribution in [1.82, 2.24) is 4.98 Å². The quantitative estimate of drug-likeness (QED) is 0.529. The number of carbonyl (C=O) groups is 1. The summed E-state index contributed by atoms with van der Waals surface area (Å²) in [5.41, 5.74) is 1.24. The fourth-order valence-electron chi connectivity index (χ4n) is 2.30. The maximum absolute atomic E-state index is 13.2. The molecule has 0 saturated carbocycles. The number of nitrogens with one attached hydrogen (secondary N) is 1. The van der Waals surface area contributed by atoms with Gasteiger partial charge >= 0.3 is 0 Å². The SMILES string of the molecule is O=C(c1cc2sccc2s1)c1c[nH]c2cc(F)ccc12. The van der Waals surface area contributed by atoms with E-state index < -0.39 is 0 Å². The normalized spacial score (nSPS) is 11.4. The van der Waals surface area contributed by atoms with Crippen LogP contribution in [0.4, 0.5) is 4.39 Å². The van der Waals surface area contributed by atoms with Gasteiger partial charge in [-0.15, -0.1) is 22.7 Å². The zero-order chi connectivity index (χ0) is 13.7. The minimum Gasteiger partial charge on any atom is -0.360 e. The average molecular weight is 301 g/mol. The molecule has 0 radical (unpaired) electrons. The van der Waals surface area contributed by atoms with Crippen LogP contribution in [0.3, 0.4) is 0 Å². The molecule has 0 atom stereocenters. The van der Waals surface area contributed by atoms with Crippen molar-refractivity contribution < 1.29 is 9.18 Å². The number of aromatic amines is 1. The van der Waals surface area contributed by atoms with Crippen molar-refractivity contribution in [3.05, 3.63) is 58.2 Å². The van der Waals surface area contributed by atoms with Crippen molar-refractivity contribution in [2.45, 2.75) is 0 Å². The number of halogens is 1. The van der Waals surface area contributed by atoms with Crippen molar-refractivity contribution >= 4 is 48.8 Å². The van der Waals surface area contributed by atoms with E-state index in [4.69, 9.17) is 0 Å². The number of H-pyrrole nitrogens is 1. The van der Waals surface area contributed by atoms with Gasteiger partial charge < -0.3 is 4.98 Å². The maximum Gasteiger partial charge on any atom is 0.205 e. The first-order valence-corrected chi connectivity index (χ1v) is 7.70. The van der Waals surface area contributed by atoms with E-state index in [9.17, 15) is 9.18 Å². The van der Waals surface area contributed by atoms with Gasteiger partial charge in [-0.1, -0.05) is 0 Å². The van der Waals surface area contributed by atoms with E-state index >= 15 is 0 Å². The van der Waals surface area contributed by atoms with Gasteiger partial charge in [0.15, 0.2) is 0 Å². The first-order chi connectivity index (χ1) is 9.72. The number of aromatic nitrogens is 1. The summed E-state index contributed by atoms with van der Waals surface area (Å²) < 4.78 is 15.4. The van der Waals surface area contributed by atoms with E-state index in [2.05, 4.69) is 4.98 Å². The highest BCUT2D eigenvalue weighted by Crippen LogP contribution is 2.32. The standard InChI is InChI=1S/C15H8FNOS2/c16-8-1-2-9-10(7-17-11(9)5-8)15(18)14-6-13-12(20-14)3-4-19-13/h1-7,17H. The Balaban J connectivity index is 1.85. The minimum atomic E-state index is -0.310. The molecule has 98 valence electrons. The molecule has 0 saturated heterocycles. The smallest absolute Gasteiger partial charge is 0.205 e. The summed E-state index contributed by atoms with van der Waals surface area (Å²) in [6, 6.07) is 8.37. The Kier molecular flexibility index (Phi) is 2.52. The maximum atomic E-state index is 13.2. The number of thiophene rings is 2. The lowest BCUT2D eigenvalue weighted by atomic mass is 10.1. The molecule has 20 heavy (non-hydrogen) atoms. The number of fused-ring (bicyclic) bond motifs is 2. The molecule has 0 spiro atoms. The lowest BCUT2D eigenvalue weighted by Crippen LogP contribution is -1.96. The van der Waals surface area contributed by atoms with Gasteiger partial charge in [0, 0.05) is 32.1 Å². The van der Waals surface area contributed by atoms with Gasteiger partial charge in [0.2, 0.25) is 5.78 Å².